The molecule has 9 heteroatoms. The normalized spacial score (nSPS) is 28.9. The average molecular weight is 439 g/mol. The zero-order valence-corrected chi connectivity index (χ0v) is 19.0. The molecule has 1 unspecified atom stereocenters. The van der Waals surface area contributed by atoms with Crippen LogP contribution in [0.4, 0.5) is 0 Å². The van der Waals surface area contributed by atoms with Gasteiger partial charge in [0.05, 0.1) is 5.75 Å². The van der Waals surface area contributed by atoms with Crippen molar-refractivity contribution in [2.45, 2.75) is 76.4 Å². The molecule has 1 amide bonds. The molecule has 168 valence electrons. The first-order valence-electron chi connectivity index (χ1n) is 11.2. The number of amides is 1. The second kappa shape index (κ2) is 8.59. The van der Waals surface area contributed by atoms with Crippen LogP contribution >= 0.6 is 0 Å². The number of fused-ring (bicyclic) bond motifs is 2. The molecule has 3 aliphatic rings. The number of carbonyl (C=O) groups excluding carboxylic acids is 1. The third kappa shape index (κ3) is 4.57. The summed E-state index contributed by atoms with van der Waals surface area (Å²) >= 11 is 0. The summed E-state index contributed by atoms with van der Waals surface area (Å²) in [4.78, 5) is 14.8. The molecule has 1 N–H and O–H groups in total. The Morgan fingerprint density at radius 1 is 1.20 bits per heavy atom. The van der Waals surface area contributed by atoms with Crippen molar-refractivity contribution in [3.63, 3.8) is 0 Å². The van der Waals surface area contributed by atoms with Crippen molar-refractivity contribution in [2.75, 3.05) is 25.9 Å². The highest BCUT2D eigenvalue weighted by molar-refractivity contribution is 7.89. The summed E-state index contributed by atoms with van der Waals surface area (Å²) in [6.07, 6.45) is 5.01. The minimum Gasteiger partial charge on any atom is -0.360 e. The molecule has 0 saturated carbocycles. The summed E-state index contributed by atoms with van der Waals surface area (Å²) in [5, 5.41) is 6.94. The van der Waals surface area contributed by atoms with E-state index in [0.29, 0.717) is 24.3 Å². The summed E-state index contributed by atoms with van der Waals surface area (Å²) in [5.41, 5.74) is 0.295. The number of sulfonamides is 1. The van der Waals surface area contributed by atoms with Crippen molar-refractivity contribution < 1.29 is 17.7 Å². The van der Waals surface area contributed by atoms with Crippen molar-refractivity contribution in [1.82, 2.24) is 19.7 Å². The topological polar surface area (TPSA) is 95.8 Å². The standard InChI is InChI=1S/C21H34N4O4S/c1-14(2)20-12-19(23-29-20)21(26)22-16-10-17-4-5-18(11-16)25(17)30(27,28)13-15-6-8-24(3)9-7-15/h12,14-18H,4-11,13H2,1-3H3,(H,22,26)/t16?,17-,18+. The third-order valence-electron chi connectivity index (χ3n) is 6.94. The number of carbonyl (C=O) groups is 1. The van der Waals surface area contributed by atoms with E-state index in [0.717, 1.165) is 38.8 Å². The Hall–Kier alpha value is -1.45. The van der Waals surface area contributed by atoms with Crippen molar-refractivity contribution in [3.8, 4) is 0 Å². The van der Waals surface area contributed by atoms with Gasteiger partial charge >= 0.3 is 0 Å². The maximum Gasteiger partial charge on any atom is 0.273 e. The van der Waals surface area contributed by atoms with Crippen LogP contribution < -0.4 is 5.32 Å². The molecular weight excluding hydrogens is 404 g/mol. The van der Waals surface area contributed by atoms with Gasteiger partial charge in [-0.15, -0.1) is 0 Å². The van der Waals surface area contributed by atoms with Crippen LogP contribution in [0.2, 0.25) is 0 Å². The fraction of sp³-hybridized carbons (Fsp3) is 0.810. The molecule has 3 fully saturated rings. The smallest absolute Gasteiger partial charge is 0.273 e. The molecule has 0 spiro atoms. The second-order valence-corrected chi connectivity index (χ2v) is 11.6. The predicted octanol–water partition coefficient (Wildman–Crippen LogP) is 2.19. The van der Waals surface area contributed by atoms with Crippen LogP contribution in [0, 0.1) is 5.92 Å². The van der Waals surface area contributed by atoms with Crippen molar-refractivity contribution >= 4 is 15.9 Å². The molecule has 2 bridgehead atoms. The quantitative estimate of drug-likeness (QED) is 0.732. The van der Waals surface area contributed by atoms with Gasteiger partial charge in [-0.05, 0) is 64.6 Å². The van der Waals surface area contributed by atoms with E-state index >= 15 is 0 Å². The summed E-state index contributed by atoms with van der Waals surface area (Å²) in [5.74, 6) is 1.15. The van der Waals surface area contributed by atoms with E-state index in [-0.39, 0.29) is 41.6 Å². The van der Waals surface area contributed by atoms with E-state index in [1.54, 1.807) is 10.4 Å². The Morgan fingerprint density at radius 3 is 2.40 bits per heavy atom. The lowest BCUT2D eigenvalue weighted by Crippen LogP contribution is -2.53. The molecular formula is C21H34N4O4S. The van der Waals surface area contributed by atoms with Crippen LogP contribution in [0.1, 0.15) is 74.5 Å². The lowest BCUT2D eigenvalue weighted by molar-refractivity contribution is 0.0900. The van der Waals surface area contributed by atoms with Crippen LogP contribution in [-0.4, -0.2) is 72.7 Å². The number of hydrogen-bond acceptors (Lipinski definition) is 6. The minimum absolute atomic E-state index is 0.00570. The van der Waals surface area contributed by atoms with E-state index < -0.39 is 10.0 Å². The van der Waals surface area contributed by atoms with Gasteiger partial charge in [-0.2, -0.15) is 4.31 Å². The average Bonchev–Trinajstić information content (AvgIpc) is 3.28. The molecule has 1 aromatic rings. The molecule has 3 aliphatic heterocycles. The van der Waals surface area contributed by atoms with Crippen LogP contribution in [0.25, 0.3) is 0 Å². The number of nitrogens with zero attached hydrogens (tertiary/aromatic N) is 3. The summed E-state index contributed by atoms with van der Waals surface area (Å²) in [7, 11) is -1.18. The summed E-state index contributed by atoms with van der Waals surface area (Å²) in [6, 6.07) is 1.65. The fourth-order valence-corrected chi connectivity index (χ4v) is 7.64. The van der Waals surface area contributed by atoms with Gasteiger partial charge in [0.25, 0.3) is 5.91 Å². The van der Waals surface area contributed by atoms with Gasteiger partial charge in [0, 0.05) is 30.1 Å². The van der Waals surface area contributed by atoms with Gasteiger partial charge < -0.3 is 14.7 Å². The molecule has 0 aromatic carbocycles. The largest absolute Gasteiger partial charge is 0.360 e. The highest BCUT2D eigenvalue weighted by Crippen LogP contribution is 2.39. The number of rotatable bonds is 6. The van der Waals surface area contributed by atoms with E-state index in [9.17, 15) is 13.2 Å². The maximum atomic E-state index is 13.2. The number of hydrogen-bond donors (Lipinski definition) is 1. The molecule has 4 heterocycles. The van der Waals surface area contributed by atoms with E-state index in [1.807, 2.05) is 13.8 Å². The van der Waals surface area contributed by atoms with Gasteiger partial charge in [0.15, 0.2) is 5.69 Å². The molecule has 0 radical (unpaired) electrons. The SMILES string of the molecule is CC(C)c1cc(C(=O)NC2C[C@H]3CC[C@@H](C2)N3S(=O)(=O)CC2CCN(C)CC2)no1. The first-order chi connectivity index (χ1) is 14.2. The van der Waals surface area contributed by atoms with Crippen molar-refractivity contribution in [3.05, 3.63) is 17.5 Å². The zero-order valence-electron chi connectivity index (χ0n) is 18.2. The minimum atomic E-state index is -3.27. The van der Waals surface area contributed by atoms with Gasteiger partial charge in [0.2, 0.25) is 10.0 Å². The maximum absolute atomic E-state index is 13.2. The van der Waals surface area contributed by atoms with Gasteiger partial charge in [-0.3, -0.25) is 4.79 Å². The Bertz CT molecular complexity index is 846. The third-order valence-corrected chi connectivity index (χ3v) is 9.07. The van der Waals surface area contributed by atoms with E-state index in [4.69, 9.17) is 4.52 Å². The van der Waals surface area contributed by atoms with Crippen molar-refractivity contribution in [2.24, 2.45) is 5.92 Å². The van der Waals surface area contributed by atoms with Crippen molar-refractivity contribution in [1.29, 1.82) is 0 Å². The zero-order chi connectivity index (χ0) is 21.5. The second-order valence-electron chi connectivity index (χ2n) is 9.65. The van der Waals surface area contributed by atoms with E-state index in [2.05, 4.69) is 22.4 Å². The Kier molecular flexibility index (Phi) is 6.23. The monoisotopic (exact) mass is 438 g/mol. The number of aromatic nitrogens is 1. The first-order valence-corrected chi connectivity index (χ1v) is 12.8. The van der Waals surface area contributed by atoms with Crippen LogP contribution in [0.15, 0.2) is 10.6 Å². The summed E-state index contributed by atoms with van der Waals surface area (Å²) in [6.45, 7) is 5.92. The molecule has 0 aliphatic carbocycles. The van der Waals surface area contributed by atoms with Gasteiger partial charge in [-0.1, -0.05) is 19.0 Å². The molecule has 3 atom stereocenters. The predicted molar refractivity (Wildman–Crippen MR) is 114 cm³/mol. The lowest BCUT2D eigenvalue weighted by atomic mass is 9.99. The first kappa shape index (κ1) is 21.8. The van der Waals surface area contributed by atoms with Gasteiger partial charge in [0.1, 0.15) is 5.76 Å². The lowest BCUT2D eigenvalue weighted by Gasteiger charge is -2.39. The fourth-order valence-electron chi connectivity index (χ4n) is 5.25. The molecule has 3 saturated heterocycles. The molecule has 30 heavy (non-hydrogen) atoms. The highest BCUT2D eigenvalue weighted by Gasteiger charge is 2.47. The highest BCUT2D eigenvalue weighted by atomic mass is 32.2. The molecule has 4 rings (SSSR count). The number of piperidine rings is 2. The van der Waals surface area contributed by atoms with Gasteiger partial charge in [-0.25, -0.2) is 8.42 Å². The molecule has 1 aromatic heterocycles. The number of likely N-dealkylation sites (tertiary alicyclic amines) is 1. The van der Waals surface area contributed by atoms with Crippen LogP contribution in [0.5, 0.6) is 0 Å². The van der Waals surface area contributed by atoms with Crippen LogP contribution in [-0.2, 0) is 10.0 Å². The van der Waals surface area contributed by atoms with E-state index in [1.165, 1.54) is 0 Å². The Labute approximate surface area is 179 Å². The Balaban J connectivity index is 1.36. The Morgan fingerprint density at radius 2 is 1.83 bits per heavy atom. The number of nitrogens with one attached hydrogen (secondary N) is 1. The summed E-state index contributed by atoms with van der Waals surface area (Å²) < 4.78 is 33.5. The molecule has 8 nitrogen and oxygen atoms in total. The van der Waals surface area contributed by atoms with Crippen LogP contribution in [0.3, 0.4) is 0 Å².